The van der Waals surface area contributed by atoms with E-state index < -0.39 is 0 Å². The highest BCUT2D eigenvalue weighted by Gasteiger charge is 2.43. The van der Waals surface area contributed by atoms with Crippen LogP contribution in [0.2, 0.25) is 0 Å². The monoisotopic (exact) mass is 325 g/mol. The smallest absolute Gasteiger partial charge is 0.0992 e. The first-order valence-corrected chi connectivity index (χ1v) is 8.65. The molecule has 126 valence electrons. The summed E-state index contributed by atoms with van der Waals surface area (Å²) in [4.78, 5) is 10.8. The molecule has 3 atom stereocenters. The van der Waals surface area contributed by atoms with E-state index in [9.17, 15) is 0 Å². The van der Waals surface area contributed by atoms with Crippen LogP contribution in [0, 0.1) is 0 Å². The van der Waals surface area contributed by atoms with Crippen LogP contribution in [0.4, 0.5) is 0 Å². The first kappa shape index (κ1) is 15.7. The van der Waals surface area contributed by atoms with E-state index in [0.717, 1.165) is 38.1 Å². The van der Waals surface area contributed by atoms with E-state index in [-0.39, 0.29) is 12.2 Å². The van der Waals surface area contributed by atoms with Crippen molar-refractivity contribution in [3.8, 4) is 0 Å². The molecule has 4 rings (SSSR count). The summed E-state index contributed by atoms with van der Waals surface area (Å²) < 4.78 is 12.2. The van der Waals surface area contributed by atoms with E-state index in [1.165, 1.54) is 5.56 Å². The van der Waals surface area contributed by atoms with Crippen molar-refractivity contribution in [3.05, 3.63) is 60.2 Å². The highest BCUT2D eigenvalue weighted by molar-refractivity contribution is 5.10. The number of aromatic nitrogens is 2. The van der Waals surface area contributed by atoms with Gasteiger partial charge in [0.2, 0.25) is 0 Å². The highest BCUT2D eigenvalue weighted by Crippen LogP contribution is 2.33. The molecule has 0 spiro atoms. The third kappa shape index (κ3) is 3.48. The van der Waals surface area contributed by atoms with Crippen LogP contribution in [0.3, 0.4) is 0 Å². The van der Waals surface area contributed by atoms with Crippen molar-refractivity contribution in [2.75, 3.05) is 13.2 Å². The Labute approximate surface area is 142 Å². The molecule has 2 fully saturated rings. The van der Waals surface area contributed by atoms with E-state index >= 15 is 0 Å². The molecule has 5 heteroatoms. The van der Waals surface area contributed by atoms with Crippen molar-refractivity contribution in [1.82, 2.24) is 14.9 Å². The van der Waals surface area contributed by atoms with E-state index in [1.54, 1.807) is 0 Å². The average Bonchev–Trinajstić information content (AvgIpc) is 3.06. The van der Waals surface area contributed by atoms with Gasteiger partial charge < -0.3 is 9.47 Å². The predicted molar refractivity (Wildman–Crippen MR) is 90.2 cm³/mol. The Hall–Kier alpha value is -1.82. The van der Waals surface area contributed by atoms with Crippen LogP contribution in [0.1, 0.15) is 24.0 Å². The molecular weight excluding hydrogens is 302 g/mol. The number of rotatable bonds is 5. The molecule has 2 aromatic heterocycles. The number of nitrogens with zero attached hydrogens (tertiary/aromatic N) is 3. The third-order valence-corrected chi connectivity index (χ3v) is 4.97. The lowest BCUT2D eigenvalue weighted by molar-refractivity contribution is -0.118. The zero-order valence-electron chi connectivity index (χ0n) is 13.8. The minimum atomic E-state index is 0.178. The number of morpholine rings is 1. The average molecular weight is 325 g/mol. The summed E-state index contributed by atoms with van der Waals surface area (Å²) in [6.07, 6.45) is 9.94. The standard InChI is InChI=1S/C19H23N3O2/c1-2-16(12-21-7-1)13-22-10-11-23-19-17(22)3-4-18(19)24-14-15-5-8-20-9-6-15/h1-2,5-9,12,17-19H,3-4,10-11,13-14H2/t17-,18-,19+/m0/s1. The quantitative estimate of drug-likeness (QED) is 0.845. The Kier molecular flexibility index (Phi) is 4.83. The van der Waals surface area contributed by atoms with Crippen LogP contribution in [-0.2, 0) is 22.6 Å². The summed E-state index contributed by atoms with van der Waals surface area (Å²) in [6.45, 7) is 3.32. The Morgan fingerprint density at radius 1 is 1.08 bits per heavy atom. The van der Waals surface area contributed by atoms with Crippen molar-refractivity contribution >= 4 is 0 Å². The SMILES string of the molecule is c1cncc(CN2CCO[C@H]3[C@@H](OCc4ccncc4)CC[C@@H]32)c1. The van der Waals surface area contributed by atoms with Crippen LogP contribution >= 0.6 is 0 Å². The summed E-state index contributed by atoms with van der Waals surface area (Å²) in [5, 5.41) is 0. The van der Waals surface area contributed by atoms with Gasteiger partial charge in [0, 0.05) is 43.9 Å². The van der Waals surface area contributed by atoms with Gasteiger partial charge in [-0.2, -0.15) is 0 Å². The molecule has 5 nitrogen and oxygen atoms in total. The van der Waals surface area contributed by atoms with E-state index in [1.807, 2.05) is 43.0 Å². The van der Waals surface area contributed by atoms with Crippen molar-refractivity contribution in [2.24, 2.45) is 0 Å². The van der Waals surface area contributed by atoms with Gasteiger partial charge >= 0.3 is 0 Å². The number of hydrogen-bond donors (Lipinski definition) is 0. The fourth-order valence-electron chi connectivity index (χ4n) is 3.77. The minimum absolute atomic E-state index is 0.178. The molecule has 0 amide bonds. The Morgan fingerprint density at radius 2 is 2.00 bits per heavy atom. The van der Waals surface area contributed by atoms with Crippen LogP contribution in [0.5, 0.6) is 0 Å². The summed E-state index contributed by atoms with van der Waals surface area (Å²) in [6, 6.07) is 8.60. The lowest BCUT2D eigenvalue weighted by Crippen LogP contribution is -2.51. The summed E-state index contributed by atoms with van der Waals surface area (Å²) in [5.74, 6) is 0. The Balaban J connectivity index is 1.37. The molecule has 0 unspecified atom stereocenters. The van der Waals surface area contributed by atoms with Gasteiger partial charge in [0.15, 0.2) is 0 Å². The molecule has 1 saturated heterocycles. The van der Waals surface area contributed by atoms with E-state index in [2.05, 4.69) is 20.9 Å². The normalized spacial score (nSPS) is 27.1. The second-order valence-electron chi connectivity index (χ2n) is 6.52. The summed E-state index contributed by atoms with van der Waals surface area (Å²) in [7, 11) is 0. The molecule has 0 N–H and O–H groups in total. The lowest BCUT2D eigenvalue weighted by Gasteiger charge is -2.39. The summed E-state index contributed by atoms with van der Waals surface area (Å²) >= 11 is 0. The molecule has 24 heavy (non-hydrogen) atoms. The van der Waals surface area contributed by atoms with Gasteiger partial charge in [-0.05, 0) is 42.2 Å². The summed E-state index contributed by atoms with van der Waals surface area (Å²) in [5.41, 5.74) is 2.43. The zero-order chi connectivity index (χ0) is 16.2. The molecule has 0 bridgehead atoms. The van der Waals surface area contributed by atoms with Gasteiger partial charge in [-0.15, -0.1) is 0 Å². The van der Waals surface area contributed by atoms with Crippen LogP contribution in [0.15, 0.2) is 49.1 Å². The molecule has 1 saturated carbocycles. The molecule has 2 aromatic rings. The molecule has 0 radical (unpaired) electrons. The largest absolute Gasteiger partial charge is 0.373 e. The van der Waals surface area contributed by atoms with Crippen LogP contribution in [0.25, 0.3) is 0 Å². The van der Waals surface area contributed by atoms with Gasteiger partial charge in [0.05, 0.1) is 25.4 Å². The van der Waals surface area contributed by atoms with Crippen molar-refractivity contribution < 1.29 is 9.47 Å². The van der Waals surface area contributed by atoms with Gasteiger partial charge in [0.25, 0.3) is 0 Å². The first-order valence-electron chi connectivity index (χ1n) is 8.65. The number of pyridine rings is 2. The second kappa shape index (κ2) is 7.38. The predicted octanol–water partition coefficient (Wildman–Crippen LogP) is 2.43. The van der Waals surface area contributed by atoms with Crippen molar-refractivity contribution in [2.45, 2.75) is 44.2 Å². The topological polar surface area (TPSA) is 47.5 Å². The Morgan fingerprint density at radius 3 is 2.83 bits per heavy atom. The molecular formula is C19H23N3O2. The van der Waals surface area contributed by atoms with E-state index in [4.69, 9.17) is 9.47 Å². The number of hydrogen-bond acceptors (Lipinski definition) is 5. The fraction of sp³-hybridized carbons (Fsp3) is 0.474. The van der Waals surface area contributed by atoms with Crippen molar-refractivity contribution in [3.63, 3.8) is 0 Å². The molecule has 3 heterocycles. The molecule has 1 aliphatic heterocycles. The van der Waals surface area contributed by atoms with Gasteiger partial charge in [0.1, 0.15) is 0 Å². The lowest BCUT2D eigenvalue weighted by atomic mass is 10.1. The van der Waals surface area contributed by atoms with E-state index in [0.29, 0.717) is 12.6 Å². The van der Waals surface area contributed by atoms with Crippen molar-refractivity contribution in [1.29, 1.82) is 0 Å². The minimum Gasteiger partial charge on any atom is -0.373 e. The number of ether oxygens (including phenoxy) is 2. The van der Waals surface area contributed by atoms with Crippen LogP contribution < -0.4 is 0 Å². The maximum absolute atomic E-state index is 6.17. The van der Waals surface area contributed by atoms with Crippen LogP contribution in [-0.4, -0.2) is 46.3 Å². The third-order valence-electron chi connectivity index (χ3n) is 4.97. The Bertz CT molecular complexity index is 638. The maximum Gasteiger partial charge on any atom is 0.0992 e. The zero-order valence-corrected chi connectivity index (χ0v) is 13.8. The highest BCUT2D eigenvalue weighted by atomic mass is 16.5. The fourth-order valence-corrected chi connectivity index (χ4v) is 3.77. The first-order chi connectivity index (χ1) is 11.9. The maximum atomic E-state index is 6.17. The van der Waals surface area contributed by atoms with Gasteiger partial charge in [-0.1, -0.05) is 6.07 Å². The second-order valence-corrected chi connectivity index (χ2v) is 6.52. The van der Waals surface area contributed by atoms with Gasteiger partial charge in [-0.3, -0.25) is 14.9 Å². The molecule has 2 aliphatic rings. The molecule has 1 aliphatic carbocycles. The van der Waals surface area contributed by atoms with Gasteiger partial charge in [-0.25, -0.2) is 0 Å². The number of fused-ring (bicyclic) bond motifs is 1. The molecule has 0 aromatic carbocycles.